The van der Waals surface area contributed by atoms with Crippen molar-refractivity contribution in [3.8, 4) is 0 Å². The highest BCUT2D eigenvalue weighted by molar-refractivity contribution is 7.07. The van der Waals surface area contributed by atoms with E-state index in [1.54, 1.807) is 0 Å². The number of aromatic nitrogens is 2. The van der Waals surface area contributed by atoms with Crippen LogP contribution >= 0.6 is 11.3 Å². The molecule has 2 rings (SSSR count). The monoisotopic (exact) mass is 259 g/mol. The molecule has 0 aromatic carbocycles. The van der Waals surface area contributed by atoms with E-state index in [1.807, 2.05) is 16.8 Å². The standard InChI is InChI=1S/C10H8F3N3S/c11-10(12,13)8-1-3-14-9(16-8)15-5-7-2-4-17-6-7/h1-4,6H,5H2,(H,14,15,16). The van der Waals surface area contributed by atoms with Gasteiger partial charge in [-0.05, 0) is 28.5 Å². The predicted molar refractivity (Wildman–Crippen MR) is 58.7 cm³/mol. The molecule has 0 saturated heterocycles. The second kappa shape index (κ2) is 4.70. The van der Waals surface area contributed by atoms with Crippen LogP contribution in [0.4, 0.5) is 19.1 Å². The van der Waals surface area contributed by atoms with Crippen LogP contribution in [0, 0.1) is 0 Å². The Hall–Kier alpha value is -1.63. The summed E-state index contributed by atoms with van der Waals surface area (Å²) in [4.78, 5) is 7.13. The third-order valence-corrected chi connectivity index (χ3v) is 2.71. The molecule has 0 radical (unpaired) electrons. The van der Waals surface area contributed by atoms with Gasteiger partial charge in [0.15, 0.2) is 0 Å². The van der Waals surface area contributed by atoms with Crippen LogP contribution in [0.5, 0.6) is 0 Å². The number of halogens is 3. The molecule has 0 aliphatic carbocycles. The van der Waals surface area contributed by atoms with Crippen LogP contribution in [0.2, 0.25) is 0 Å². The normalized spacial score (nSPS) is 11.5. The number of thiophene rings is 1. The summed E-state index contributed by atoms with van der Waals surface area (Å²) in [5.41, 5.74) is 0.0383. The Morgan fingerprint density at radius 1 is 1.29 bits per heavy atom. The molecule has 1 N–H and O–H groups in total. The Bertz CT molecular complexity index is 482. The number of anilines is 1. The lowest BCUT2D eigenvalue weighted by molar-refractivity contribution is -0.141. The van der Waals surface area contributed by atoms with Crippen molar-refractivity contribution >= 4 is 17.3 Å². The number of nitrogens with zero attached hydrogens (tertiary/aromatic N) is 2. The van der Waals surface area contributed by atoms with Crippen LogP contribution in [-0.4, -0.2) is 9.97 Å². The molecule has 0 saturated carbocycles. The first-order valence-corrected chi connectivity index (χ1v) is 5.65. The van der Waals surface area contributed by atoms with Crippen molar-refractivity contribution in [3.05, 3.63) is 40.3 Å². The van der Waals surface area contributed by atoms with Gasteiger partial charge in [-0.25, -0.2) is 9.97 Å². The van der Waals surface area contributed by atoms with Gasteiger partial charge < -0.3 is 5.32 Å². The van der Waals surface area contributed by atoms with E-state index in [2.05, 4.69) is 15.3 Å². The molecule has 2 aromatic heterocycles. The van der Waals surface area contributed by atoms with E-state index in [1.165, 1.54) is 11.3 Å². The third-order valence-electron chi connectivity index (χ3n) is 1.98. The molecule has 0 bridgehead atoms. The Morgan fingerprint density at radius 3 is 2.76 bits per heavy atom. The molecule has 2 heterocycles. The zero-order valence-corrected chi connectivity index (χ0v) is 9.35. The van der Waals surface area contributed by atoms with Crippen LogP contribution in [-0.2, 0) is 12.7 Å². The summed E-state index contributed by atoms with van der Waals surface area (Å²) in [5, 5.41) is 6.54. The van der Waals surface area contributed by atoms with Crippen molar-refractivity contribution in [2.75, 3.05) is 5.32 Å². The number of nitrogens with one attached hydrogen (secondary N) is 1. The van der Waals surface area contributed by atoms with Gasteiger partial charge in [0.25, 0.3) is 0 Å². The zero-order chi connectivity index (χ0) is 12.3. The summed E-state index contributed by atoms with van der Waals surface area (Å²) in [5.74, 6) is -0.0222. The average Bonchev–Trinajstić information content (AvgIpc) is 2.78. The maximum Gasteiger partial charge on any atom is 0.433 e. The van der Waals surface area contributed by atoms with Gasteiger partial charge in [0.2, 0.25) is 5.95 Å². The van der Waals surface area contributed by atoms with Crippen molar-refractivity contribution in [1.29, 1.82) is 0 Å². The van der Waals surface area contributed by atoms with Gasteiger partial charge in [-0.15, -0.1) is 0 Å². The molecule has 0 atom stereocenters. The molecule has 0 aliphatic rings. The topological polar surface area (TPSA) is 37.8 Å². The number of rotatable bonds is 3. The fourth-order valence-electron chi connectivity index (χ4n) is 1.18. The summed E-state index contributed by atoms with van der Waals surface area (Å²) in [7, 11) is 0. The quantitative estimate of drug-likeness (QED) is 0.920. The lowest BCUT2D eigenvalue weighted by Crippen LogP contribution is -2.11. The summed E-state index contributed by atoms with van der Waals surface area (Å²) >= 11 is 1.52. The van der Waals surface area contributed by atoms with Gasteiger partial charge in [-0.2, -0.15) is 24.5 Å². The molecule has 2 aromatic rings. The molecule has 90 valence electrons. The Morgan fingerprint density at radius 2 is 2.12 bits per heavy atom. The van der Waals surface area contributed by atoms with E-state index < -0.39 is 11.9 Å². The fraction of sp³-hybridized carbons (Fsp3) is 0.200. The van der Waals surface area contributed by atoms with Gasteiger partial charge in [-0.3, -0.25) is 0 Å². The van der Waals surface area contributed by atoms with Crippen LogP contribution in [0.1, 0.15) is 11.3 Å². The van der Waals surface area contributed by atoms with Crippen molar-refractivity contribution in [1.82, 2.24) is 9.97 Å². The molecule has 3 nitrogen and oxygen atoms in total. The summed E-state index contributed by atoms with van der Waals surface area (Å²) in [6, 6.07) is 2.72. The second-order valence-corrected chi connectivity index (χ2v) is 4.03. The fourth-order valence-corrected chi connectivity index (χ4v) is 1.84. The molecular formula is C10H8F3N3S. The zero-order valence-electron chi connectivity index (χ0n) is 8.53. The Balaban J connectivity index is 2.07. The molecule has 0 aliphatic heterocycles. The summed E-state index contributed by atoms with van der Waals surface area (Å²) in [6.45, 7) is 0.408. The smallest absolute Gasteiger partial charge is 0.350 e. The molecule has 0 spiro atoms. The number of hydrogen-bond donors (Lipinski definition) is 1. The van der Waals surface area contributed by atoms with E-state index in [0.717, 1.165) is 17.8 Å². The van der Waals surface area contributed by atoms with Crippen LogP contribution in [0.15, 0.2) is 29.1 Å². The highest BCUT2D eigenvalue weighted by Crippen LogP contribution is 2.27. The third kappa shape index (κ3) is 3.16. The first kappa shape index (κ1) is 11.8. The Kier molecular flexibility index (Phi) is 3.28. The molecule has 0 amide bonds. The van der Waals surface area contributed by atoms with Crippen LogP contribution in [0.25, 0.3) is 0 Å². The molecule has 0 unspecified atom stereocenters. The van der Waals surface area contributed by atoms with Gasteiger partial charge in [-0.1, -0.05) is 0 Å². The van der Waals surface area contributed by atoms with Crippen molar-refractivity contribution in [2.45, 2.75) is 12.7 Å². The first-order valence-electron chi connectivity index (χ1n) is 4.71. The highest BCUT2D eigenvalue weighted by atomic mass is 32.1. The first-order chi connectivity index (χ1) is 8.05. The molecule has 0 fully saturated rings. The van der Waals surface area contributed by atoms with E-state index in [4.69, 9.17) is 0 Å². The van der Waals surface area contributed by atoms with Gasteiger partial charge in [0, 0.05) is 12.7 Å². The minimum absolute atomic E-state index is 0.0222. The summed E-state index contributed by atoms with van der Waals surface area (Å²) < 4.78 is 37.1. The molecule has 7 heteroatoms. The SMILES string of the molecule is FC(F)(F)c1ccnc(NCc2ccsc2)n1. The van der Waals surface area contributed by atoms with Gasteiger partial charge in [0.05, 0.1) is 0 Å². The van der Waals surface area contributed by atoms with Gasteiger partial charge >= 0.3 is 6.18 Å². The minimum Gasteiger partial charge on any atom is -0.350 e. The van der Waals surface area contributed by atoms with Crippen molar-refractivity contribution in [3.63, 3.8) is 0 Å². The second-order valence-electron chi connectivity index (χ2n) is 3.25. The van der Waals surface area contributed by atoms with Gasteiger partial charge in [0.1, 0.15) is 5.69 Å². The minimum atomic E-state index is -4.44. The van der Waals surface area contributed by atoms with Crippen LogP contribution in [0.3, 0.4) is 0 Å². The van der Waals surface area contributed by atoms with Crippen molar-refractivity contribution < 1.29 is 13.2 Å². The highest BCUT2D eigenvalue weighted by Gasteiger charge is 2.32. The maximum atomic E-state index is 12.4. The Labute approximate surface area is 99.3 Å². The largest absolute Gasteiger partial charge is 0.433 e. The lowest BCUT2D eigenvalue weighted by Gasteiger charge is -2.07. The van der Waals surface area contributed by atoms with E-state index >= 15 is 0 Å². The molecule has 17 heavy (non-hydrogen) atoms. The maximum absolute atomic E-state index is 12.4. The average molecular weight is 259 g/mol. The predicted octanol–water partition coefficient (Wildman–Crippen LogP) is 3.17. The van der Waals surface area contributed by atoms with Crippen molar-refractivity contribution in [2.24, 2.45) is 0 Å². The summed E-state index contributed by atoms with van der Waals surface area (Å²) in [6.07, 6.45) is -3.35. The van der Waals surface area contributed by atoms with E-state index in [-0.39, 0.29) is 5.95 Å². The molecular weight excluding hydrogens is 251 g/mol. The number of alkyl halides is 3. The van der Waals surface area contributed by atoms with E-state index in [9.17, 15) is 13.2 Å². The number of hydrogen-bond acceptors (Lipinski definition) is 4. The lowest BCUT2D eigenvalue weighted by atomic mass is 10.3. The van der Waals surface area contributed by atoms with E-state index in [0.29, 0.717) is 6.54 Å². The van der Waals surface area contributed by atoms with Crippen LogP contribution < -0.4 is 5.32 Å².